The number of carbonyl (C=O) groups excluding carboxylic acids is 2. The van der Waals surface area contributed by atoms with Crippen LogP contribution in [0.4, 0.5) is 0 Å². The van der Waals surface area contributed by atoms with E-state index in [1.165, 1.54) is 4.90 Å². The number of hydrogen-bond acceptors (Lipinski definition) is 5. The number of hydrogen-bond donors (Lipinski definition) is 0. The summed E-state index contributed by atoms with van der Waals surface area (Å²) in [6.07, 6.45) is 1.77. The summed E-state index contributed by atoms with van der Waals surface area (Å²) in [5.74, 6) is 0.362. The van der Waals surface area contributed by atoms with Gasteiger partial charge in [0.25, 0.3) is 17.4 Å². The zero-order valence-corrected chi connectivity index (χ0v) is 21.0. The van der Waals surface area contributed by atoms with E-state index < -0.39 is 0 Å². The van der Waals surface area contributed by atoms with E-state index >= 15 is 0 Å². The van der Waals surface area contributed by atoms with Gasteiger partial charge >= 0.3 is 0 Å². The van der Waals surface area contributed by atoms with Crippen LogP contribution in [-0.2, 0) is 13.1 Å². The highest BCUT2D eigenvalue weighted by atomic mass is 16.5. The lowest BCUT2D eigenvalue weighted by atomic mass is 9.96. The number of nitrogens with zero attached hydrogens (tertiary/aromatic N) is 2. The zero-order chi connectivity index (χ0) is 25.3. The van der Waals surface area contributed by atoms with Crippen LogP contribution in [0.1, 0.15) is 66.9 Å². The van der Waals surface area contributed by atoms with Gasteiger partial charge in [0.1, 0.15) is 11.5 Å². The highest BCUT2D eigenvalue weighted by Crippen LogP contribution is 2.35. The highest BCUT2D eigenvalue weighted by molar-refractivity contribution is 6.21. The van der Waals surface area contributed by atoms with Crippen molar-refractivity contribution in [3.63, 3.8) is 0 Å². The number of methoxy groups -OCH3 is 1. The summed E-state index contributed by atoms with van der Waals surface area (Å²) in [7, 11) is 1.57. The monoisotopic (exact) mass is 476 g/mol. The van der Waals surface area contributed by atoms with Gasteiger partial charge < -0.3 is 14.0 Å². The molecule has 1 aliphatic heterocycles. The van der Waals surface area contributed by atoms with Crippen molar-refractivity contribution in [2.45, 2.75) is 53.6 Å². The van der Waals surface area contributed by atoms with Gasteiger partial charge in [-0.25, -0.2) is 0 Å². The van der Waals surface area contributed by atoms with Crippen molar-refractivity contribution in [1.29, 1.82) is 0 Å². The summed E-state index contributed by atoms with van der Waals surface area (Å²) in [5.41, 5.74) is 0.834. The molecular formula is C28H32N2O5. The molecule has 1 aliphatic rings. The number of pyridine rings is 1. The maximum atomic E-state index is 13.7. The third kappa shape index (κ3) is 4.67. The van der Waals surface area contributed by atoms with Crippen molar-refractivity contribution in [1.82, 2.24) is 9.47 Å². The summed E-state index contributed by atoms with van der Waals surface area (Å²) in [6.45, 7) is 8.99. The Morgan fingerprint density at radius 3 is 2.14 bits per heavy atom. The van der Waals surface area contributed by atoms with Crippen LogP contribution < -0.4 is 15.0 Å². The van der Waals surface area contributed by atoms with Crippen molar-refractivity contribution in [2.24, 2.45) is 5.41 Å². The first-order valence-corrected chi connectivity index (χ1v) is 12.0. The Morgan fingerprint density at radius 2 is 1.57 bits per heavy atom. The van der Waals surface area contributed by atoms with E-state index in [2.05, 4.69) is 6.92 Å². The van der Waals surface area contributed by atoms with Gasteiger partial charge in [-0.3, -0.25) is 19.3 Å². The summed E-state index contributed by atoms with van der Waals surface area (Å²) in [5, 5.41) is 1.12. The fraction of sp³-hybridized carbons (Fsp3) is 0.393. The summed E-state index contributed by atoms with van der Waals surface area (Å²) in [4.78, 5) is 41.3. The van der Waals surface area contributed by atoms with Crippen LogP contribution in [0.3, 0.4) is 0 Å². The van der Waals surface area contributed by atoms with E-state index in [1.807, 2.05) is 20.8 Å². The van der Waals surface area contributed by atoms with E-state index in [-0.39, 0.29) is 29.3 Å². The SMILES string of the molecule is CCCCOc1c(CN2C(=O)c3ccccc3C2=O)n(CC(C)(C)C)c(=O)c2ccc(OC)cc12. The molecule has 0 bridgehead atoms. The van der Waals surface area contributed by atoms with Crippen molar-refractivity contribution in [3.8, 4) is 11.5 Å². The Balaban J connectivity index is 1.94. The minimum absolute atomic E-state index is 0.0632. The van der Waals surface area contributed by atoms with Crippen LogP contribution >= 0.6 is 0 Å². The molecule has 7 nitrogen and oxygen atoms in total. The molecule has 4 rings (SSSR count). The van der Waals surface area contributed by atoms with Gasteiger partial charge in [0, 0.05) is 11.9 Å². The number of benzene rings is 2. The Kier molecular flexibility index (Phi) is 6.70. The lowest BCUT2D eigenvalue weighted by Crippen LogP contribution is -2.36. The minimum Gasteiger partial charge on any atom is -0.497 e. The Morgan fingerprint density at radius 1 is 0.914 bits per heavy atom. The van der Waals surface area contributed by atoms with Crippen LogP contribution in [0, 0.1) is 5.41 Å². The highest BCUT2D eigenvalue weighted by Gasteiger charge is 2.37. The smallest absolute Gasteiger partial charge is 0.261 e. The Bertz CT molecular complexity index is 1310. The average Bonchev–Trinajstić information content (AvgIpc) is 3.07. The average molecular weight is 477 g/mol. The number of aromatic nitrogens is 1. The normalized spacial score (nSPS) is 13.5. The second-order valence-corrected chi connectivity index (χ2v) is 10.1. The number of unbranched alkanes of at least 4 members (excludes halogenated alkanes) is 1. The molecule has 2 aromatic carbocycles. The second-order valence-electron chi connectivity index (χ2n) is 10.1. The predicted molar refractivity (Wildman–Crippen MR) is 135 cm³/mol. The molecule has 0 saturated carbocycles. The van der Waals surface area contributed by atoms with Gasteiger partial charge in [0.2, 0.25) is 0 Å². The van der Waals surface area contributed by atoms with Crippen LogP contribution in [-0.4, -0.2) is 35.0 Å². The molecule has 3 aromatic rings. The first-order valence-electron chi connectivity index (χ1n) is 12.0. The molecule has 2 heterocycles. The largest absolute Gasteiger partial charge is 0.497 e. The van der Waals surface area contributed by atoms with Gasteiger partial charge in [0.15, 0.2) is 0 Å². The lowest BCUT2D eigenvalue weighted by Gasteiger charge is -2.27. The van der Waals surface area contributed by atoms with E-state index in [4.69, 9.17) is 9.47 Å². The molecule has 0 radical (unpaired) electrons. The van der Waals surface area contributed by atoms with Crippen molar-refractivity contribution >= 4 is 22.6 Å². The third-order valence-electron chi connectivity index (χ3n) is 6.10. The zero-order valence-electron chi connectivity index (χ0n) is 21.0. The summed E-state index contributed by atoms with van der Waals surface area (Å²) < 4.78 is 13.4. The Labute approximate surface area is 205 Å². The van der Waals surface area contributed by atoms with Crippen molar-refractivity contribution in [2.75, 3.05) is 13.7 Å². The first-order chi connectivity index (χ1) is 16.7. The van der Waals surface area contributed by atoms with Crippen LogP contribution in [0.5, 0.6) is 11.5 Å². The fourth-order valence-electron chi connectivity index (χ4n) is 4.38. The molecule has 0 N–H and O–H groups in total. The van der Waals surface area contributed by atoms with Crippen LogP contribution in [0.15, 0.2) is 47.3 Å². The molecule has 35 heavy (non-hydrogen) atoms. The lowest BCUT2D eigenvalue weighted by molar-refractivity contribution is 0.0636. The number of ether oxygens (including phenoxy) is 2. The van der Waals surface area contributed by atoms with E-state index in [0.29, 0.717) is 52.2 Å². The molecule has 0 unspecified atom stereocenters. The van der Waals surface area contributed by atoms with Gasteiger partial charge in [-0.2, -0.15) is 0 Å². The maximum absolute atomic E-state index is 13.7. The summed E-state index contributed by atoms with van der Waals surface area (Å²) in [6, 6.07) is 12.1. The molecule has 0 spiro atoms. The molecule has 2 amide bonds. The number of rotatable bonds is 8. The number of imide groups is 1. The molecule has 0 atom stereocenters. The van der Waals surface area contributed by atoms with E-state index in [1.54, 1.807) is 54.1 Å². The van der Waals surface area contributed by atoms with Crippen LogP contribution in [0.2, 0.25) is 0 Å². The van der Waals surface area contributed by atoms with Crippen LogP contribution in [0.25, 0.3) is 10.8 Å². The molecule has 7 heteroatoms. The quantitative estimate of drug-likeness (QED) is 0.337. The fourth-order valence-corrected chi connectivity index (χ4v) is 4.38. The molecule has 0 saturated heterocycles. The number of fused-ring (bicyclic) bond motifs is 2. The van der Waals surface area contributed by atoms with E-state index in [0.717, 1.165) is 12.8 Å². The topological polar surface area (TPSA) is 77.8 Å². The Hall–Kier alpha value is -3.61. The maximum Gasteiger partial charge on any atom is 0.261 e. The molecular weight excluding hydrogens is 444 g/mol. The van der Waals surface area contributed by atoms with Crippen molar-refractivity contribution in [3.05, 3.63) is 69.6 Å². The standard InChI is InChI=1S/C28H32N2O5/c1-6-7-14-35-24-22-15-18(34-5)12-13-21(22)27(33)30(17-28(2,3)4)23(24)16-29-25(31)19-10-8-9-11-20(19)26(29)32/h8-13,15H,6-7,14,16-17H2,1-5H3. The first kappa shape index (κ1) is 24.5. The van der Waals surface area contributed by atoms with Gasteiger partial charge in [-0.15, -0.1) is 0 Å². The predicted octanol–water partition coefficient (Wildman–Crippen LogP) is 5.03. The van der Waals surface area contributed by atoms with E-state index in [9.17, 15) is 14.4 Å². The third-order valence-corrected chi connectivity index (χ3v) is 6.10. The van der Waals surface area contributed by atoms with Crippen molar-refractivity contribution < 1.29 is 19.1 Å². The van der Waals surface area contributed by atoms with Gasteiger partial charge in [0.05, 0.1) is 42.5 Å². The molecule has 0 aliphatic carbocycles. The molecule has 1 aromatic heterocycles. The summed E-state index contributed by atoms with van der Waals surface area (Å²) >= 11 is 0. The second kappa shape index (κ2) is 9.56. The minimum atomic E-state index is -0.370. The molecule has 184 valence electrons. The number of amides is 2. The number of carbonyl (C=O) groups is 2. The molecule has 0 fully saturated rings. The van der Waals surface area contributed by atoms with Gasteiger partial charge in [-0.1, -0.05) is 46.2 Å². The van der Waals surface area contributed by atoms with Gasteiger partial charge in [-0.05, 0) is 42.2 Å².